The van der Waals surface area contributed by atoms with Gasteiger partial charge in [0.2, 0.25) is 65.0 Å². The molecular weight excluding hydrogens is 1040 g/mol. The zero-order valence-electron chi connectivity index (χ0n) is 43.1. The average Bonchev–Trinajstić information content (AvgIpc) is 3.87. The normalized spacial score (nSPS) is 22.0. The molecule has 0 spiro atoms. The van der Waals surface area contributed by atoms with Crippen molar-refractivity contribution < 1.29 is 57.5 Å². The first-order valence-electron chi connectivity index (χ1n) is 24.7. The lowest BCUT2D eigenvalue weighted by Crippen LogP contribution is -2.61. The van der Waals surface area contributed by atoms with Gasteiger partial charge < -0.3 is 75.5 Å². The molecule has 0 aromatic heterocycles. The largest absolute Gasteiger partial charge is 0.497 e. The predicted octanol–water partition coefficient (Wildman–Crippen LogP) is -3.26. The van der Waals surface area contributed by atoms with Gasteiger partial charge in [0.25, 0.3) is 0 Å². The standard InChI is InChI=1S/C49H70N14O12S2/c1-49(2)24-40(67)57-32(22-28-13-15-29(75-3)16-14-28)43(70)60-33(21-27-9-5-4-6-10-27)44(71)58-31(17-18-37(50)64)42(69)61-34(23-38(51)65)45(72)62-35(26-76-77-49)47(74)63-20-8-12-36(63)46(73)59-30(11-7-19-55-48(53)54)41(68)56-25-39(52)66/h4-6,9-10,13-16,30-36H,7-8,11-12,17-26H2,1-3H3,(H2,50,64)(H2,51,65)(H2,52,66)(H,56,68)(H,57,67)(H,58,71)(H,59,73)(H,60,70)(H,61,69)(H,62,72)(H4,53,54,55)/t30-,31?,32?,33-,34-,35?,36-/m0/s1. The van der Waals surface area contributed by atoms with Crippen molar-refractivity contribution in [1.82, 2.24) is 42.1 Å². The van der Waals surface area contributed by atoms with E-state index in [2.05, 4.69) is 42.2 Å². The average molecular weight is 1110 g/mol. The minimum atomic E-state index is -1.78. The molecule has 420 valence electrons. The number of likely N-dealkylation sites (tertiary alicyclic amines) is 1. The van der Waals surface area contributed by atoms with E-state index in [0.717, 1.165) is 10.8 Å². The Bertz CT molecular complexity index is 2480. The van der Waals surface area contributed by atoms with Gasteiger partial charge in [-0.25, -0.2) is 0 Å². The topological polar surface area (TPSA) is 427 Å². The molecule has 2 aromatic rings. The van der Waals surface area contributed by atoms with Crippen LogP contribution in [-0.4, -0.2) is 155 Å². The van der Waals surface area contributed by atoms with Gasteiger partial charge in [-0.1, -0.05) is 64.1 Å². The number of amides is 11. The number of hydrogen-bond acceptors (Lipinski definition) is 15. The summed E-state index contributed by atoms with van der Waals surface area (Å²) in [6.07, 6.45) is -1.30. The third-order valence-electron chi connectivity index (χ3n) is 12.1. The monoisotopic (exact) mass is 1110 g/mol. The van der Waals surface area contributed by atoms with Crippen LogP contribution < -0.4 is 70.6 Å². The first-order valence-corrected chi connectivity index (χ1v) is 27.0. The Labute approximate surface area is 453 Å². The van der Waals surface area contributed by atoms with Crippen molar-refractivity contribution >= 4 is 92.5 Å². The number of methoxy groups -OCH3 is 1. The molecule has 0 aliphatic carbocycles. The highest BCUT2D eigenvalue weighted by Crippen LogP contribution is 2.39. The lowest BCUT2D eigenvalue weighted by molar-refractivity contribution is -0.142. The van der Waals surface area contributed by atoms with Crippen molar-refractivity contribution in [3.8, 4) is 5.75 Å². The predicted molar refractivity (Wildman–Crippen MR) is 286 cm³/mol. The highest BCUT2D eigenvalue weighted by Gasteiger charge is 2.41. The Kier molecular flexibility index (Phi) is 24.3. The summed E-state index contributed by atoms with van der Waals surface area (Å²) in [6, 6.07) is 5.47. The fraction of sp³-hybridized carbons (Fsp3) is 0.510. The van der Waals surface area contributed by atoms with E-state index in [4.69, 9.17) is 33.4 Å². The summed E-state index contributed by atoms with van der Waals surface area (Å²) in [6.45, 7) is 3.08. The third-order valence-corrected chi connectivity index (χ3v) is 15.4. The number of benzene rings is 2. The zero-order valence-corrected chi connectivity index (χ0v) is 44.8. The second-order valence-corrected chi connectivity index (χ2v) is 22.0. The summed E-state index contributed by atoms with van der Waals surface area (Å²) in [7, 11) is 3.74. The number of nitrogens with one attached hydrogen (secondary N) is 7. The molecule has 2 aromatic carbocycles. The van der Waals surface area contributed by atoms with Gasteiger partial charge >= 0.3 is 0 Å². The molecule has 0 radical (unpaired) electrons. The number of carbonyl (C=O) groups excluding carboxylic acids is 11. The summed E-state index contributed by atoms with van der Waals surface area (Å²) in [5.41, 5.74) is 28.4. The zero-order chi connectivity index (χ0) is 56.8. The number of primary amides is 3. The molecule has 0 bridgehead atoms. The number of ether oxygens (including phenoxy) is 1. The number of nitrogens with zero attached hydrogens (tertiary/aromatic N) is 2. The number of carbonyl (C=O) groups is 11. The molecule has 7 atom stereocenters. The van der Waals surface area contributed by atoms with Crippen LogP contribution in [0.3, 0.4) is 0 Å². The van der Waals surface area contributed by atoms with E-state index in [-0.39, 0.29) is 63.3 Å². The maximum absolute atomic E-state index is 14.7. The second kappa shape index (κ2) is 30.2. The van der Waals surface area contributed by atoms with Crippen LogP contribution in [0.4, 0.5) is 0 Å². The van der Waals surface area contributed by atoms with Crippen molar-refractivity contribution in [3.05, 3.63) is 65.7 Å². The van der Waals surface area contributed by atoms with Crippen LogP contribution in [0, 0.1) is 0 Å². The van der Waals surface area contributed by atoms with Crippen LogP contribution in [0.25, 0.3) is 0 Å². The van der Waals surface area contributed by atoms with Crippen LogP contribution in [0.15, 0.2) is 59.6 Å². The number of aliphatic imine (C=N–C) groups is 1. The Hall–Kier alpha value is -7.62. The Morgan fingerprint density at radius 3 is 1.97 bits per heavy atom. The summed E-state index contributed by atoms with van der Waals surface area (Å²) in [5, 5.41) is 18.2. The van der Waals surface area contributed by atoms with E-state index in [1.54, 1.807) is 68.4 Å². The minimum Gasteiger partial charge on any atom is -0.497 e. The molecule has 4 rings (SSSR count). The van der Waals surface area contributed by atoms with E-state index in [9.17, 15) is 52.7 Å². The van der Waals surface area contributed by atoms with Crippen LogP contribution in [0.5, 0.6) is 5.75 Å². The summed E-state index contributed by atoms with van der Waals surface area (Å²) in [4.78, 5) is 155. The van der Waals surface area contributed by atoms with E-state index in [1.807, 2.05) is 0 Å². The highest BCUT2D eigenvalue weighted by atomic mass is 33.1. The SMILES string of the molecule is COc1ccc(CC2NC(=O)CC(C)(C)SSCC(C(=O)N3CCC[C@H]3C(=O)N[C@@H](CCCN=C(N)N)C(=O)NCC(N)=O)NC(=O)[C@H](CC(N)=O)NC(=O)C(CCC(N)=O)NC(=O)[C@H](Cc3ccccc3)NC2=O)cc1. The smallest absolute Gasteiger partial charge is 0.246 e. The Morgan fingerprint density at radius 1 is 0.766 bits per heavy atom. The minimum absolute atomic E-state index is 0.0129. The molecule has 26 nitrogen and oxygen atoms in total. The Morgan fingerprint density at radius 2 is 1.36 bits per heavy atom. The van der Waals surface area contributed by atoms with E-state index < -0.39 is 138 Å². The molecule has 2 saturated heterocycles. The Balaban J connectivity index is 1.74. The van der Waals surface area contributed by atoms with Crippen molar-refractivity contribution in [2.45, 2.75) is 125 Å². The number of hydrogen-bond donors (Lipinski definition) is 12. The molecule has 0 saturated carbocycles. The van der Waals surface area contributed by atoms with E-state index in [0.29, 0.717) is 23.3 Å². The summed E-state index contributed by atoms with van der Waals surface area (Å²) in [5.74, 6) is -9.21. The number of guanidine groups is 1. The molecule has 77 heavy (non-hydrogen) atoms. The first-order chi connectivity index (χ1) is 36.4. The summed E-state index contributed by atoms with van der Waals surface area (Å²) >= 11 is 0. The maximum atomic E-state index is 14.7. The molecule has 2 heterocycles. The second-order valence-electron chi connectivity index (χ2n) is 19.0. The van der Waals surface area contributed by atoms with Crippen LogP contribution in [0.1, 0.15) is 76.3 Å². The quantitative estimate of drug-likeness (QED) is 0.0268. The number of rotatable bonds is 20. The van der Waals surface area contributed by atoms with Crippen molar-refractivity contribution in [2.24, 2.45) is 33.7 Å². The summed E-state index contributed by atoms with van der Waals surface area (Å²) < 4.78 is 4.37. The molecule has 11 amide bonds. The van der Waals surface area contributed by atoms with Crippen LogP contribution in [0.2, 0.25) is 0 Å². The van der Waals surface area contributed by atoms with Crippen LogP contribution >= 0.6 is 21.6 Å². The van der Waals surface area contributed by atoms with Gasteiger partial charge in [0.05, 0.1) is 20.1 Å². The molecule has 2 fully saturated rings. The molecule has 2 aliphatic heterocycles. The molecular formula is C49H70N14O12S2. The molecule has 3 unspecified atom stereocenters. The van der Waals surface area contributed by atoms with Crippen molar-refractivity contribution in [1.29, 1.82) is 0 Å². The van der Waals surface area contributed by atoms with Gasteiger partial charge in [-0.05, 0) is 69.2 Å². The fourth-order valence-corrected chi connectivity index (χ4v) is 10.9. The maximum Gasteiger partial charge on any atom is 0.246 e. The van der Waals surface area contributed by atoms with Crippen molar-refractivity contribution in [3.63, 3.8) is 0 Å². The van der Waals surface area contributed by atoms with E-state index in [1.165, 1.54) is 22.8 Å². The van der Waals surface area contributed by atoms with Gasteiger partial charge in [-0.15, -0.1) is 0 Å². The first kappa shape index (κ1) is 61.9. The van der Waals surface area contributed by atoms with Gasteiger partial charge in [0, 0.05) is 49.3 Å². The van der Waals surface area contributed by atoms with E-state index >= 15 is 0 Å². The van der Waals surface area contributed by atoms with Crippen molar-refractivity contribution in [2.75, 3.05) is 32.5 Å². The lowest BCUT2D eigenvalue weighted by atomic mass is 10.0. The number of nitrogens with two attached hydrogens (primary N) is 5. The third kappa shape index (κ3) is 21.1. The molecule has 17 N–H and O–H groups in total. The lowest BCUT2D eigenvalue weighted by Gasteiger charge is -2.31. The molecule has 28 heteroatoms. The van der Waals surface area contributed by atoms with Gasteiger partial charge in [0.15, 0.2) is 5.96 Å². The van der Waals surface area contributed by atoms with Gasteiger partial charge in [-0.3, -0.25) is 57.7 Å². The highest BCUT2D eigenvalue weighted by molar-refractivity contribution is 8.77. The van der Waals surface area contributed by atoms with Gasteiger partial charge in [-0.2, -0.15) is 0 Å². The molecule has 2 aliphatic rings. The van der Waals surface area contributed by atoms with Gasteiger partial charge in [0.1, 0.15) is 48.0 Å². The van der Waals surface area contributed by atoms with Crippen LogP contribution in [-0.2, 0) is 65.6 Å². The fourth-order valence-electron chi connectivity index (χ4n) is 8.26.